The predicted octanol–water partition coefficient (Wildman–Crippen LogP) is -0.0586. The van der Waals surface area contributed by atoms with Crippen LogP contribution in [-0.4, -0.2) is 37.9 Å². The minimum absolute atomic E-state index is 0.138. The summed E-state index contributed by atoms with van der Waals surface area (Å²) in [4.78, 5) is 15.6. The molecule has 6 heteroatoms. The number of nitrogens with one attached hydrogen (secondary N) is 1. The van der Waals surface area contributed by atoms with E-state index in [1.807, 2.05) is 0 Å². The van der Waals surface area contributed by atoms with Gasteiger partial charge in [-0.05, 0) is 12.1 Å². The smallest absolute Gasteiger partial charge is 0.226 e. The quantitative estimate of drug-likeness (QED) is 0.679. The van der Waals surface area contributed by atoms with Crippen LogP contribution >= 0.6 is 0 Å². The van der Waals surface area contributed by atoms with Gasteiger partial charge in [-0.3, -0.25) is 9.78 Å². The van der Waals surface area contributed by atoms with E-state index in [2.05, 4.69) is 10.3 Å². The summed E-state index contributed by atoms with van der Waals surface area (Å²) >= 11 is 0. The van der Waals surface area contributed by atoms with Crippen LogP contribution in [0.2, 0.25) is 0 Å². The van der Waals surface area contributed by atoms with Gasteiger partial charge in [0, 0.05) is 19.9 Å². The normalized spacial score (nSPS) is 10.5. The Labute approximate surface area is 100 Å². The van der Waals surface area contributed by atoms with E-state index in [4.69, 9.17) is 15.2 Å². The van der Waals surface area contributed by atoms with E-state index in [1.54, 1.807) is 12.1 Å². The number of methoxy groups -OCH3 is 2. The van der Waals surface area contributed by atoms with Gasteiger partial charge in [0.2, 0.25) is 5.91 Å². The van der Waals surface area contributed by atoms with Gasteiger partial charge in [0.05, 0.1) is 24.8 Å². The zero-order valence-electron chi connectivity index (χ0n) is 9.97. The first-order valence-corrected chi connectivity index (χ1v) is 5.18. The summed E-state index contributed by atoms with van der Waals surface area (Å²) in [6, 6.07) is 3.43. The average molecular weight is 239 g/mol. The van der Waals surface area contributed by atoms with E-state index >= 15 is 0 Å². The summed E-state index contributed by atoms with van der Waals surface area (Å²) in [5.41, 5.74) is 6.74. The number of carbonyl (C=O) groups excluding carboxylic acids is 1. The summed E-state index contributed by atoms with van der Waals surface area (Å²) in [6.07, 6.45) is 1.30. The third kappa shape index (κ3) is 4.80. The van der Waals surface area contributed by atoms with Crippen molar-refractivity contribution in [3.8, 4) is 0 Å². The Hall–Kier alpha value is -1.66. The van der Waals surface area contributed by atoms with Gasteiger partial charge in [0.1, 0.15) is 0 Å². The van der Waals surface area contributed by atoms with Crippen LogP contribution in [-0.2, 0) is 20.7 Å². The Bertz CT molecular complexity index is 349. The van der Waals surface area contributed by atoms with E-state index in [1.165, 1.54) is 20.4 Å². The highest BCUT2D eigenvalue weighted by molar-refractivity contribution is 5.78. The van der Waals surface area contributed by atoms with Gasteiger partial charge in [0.25, 0.3) is 0 Å². The topological polar surface area (TPSA) is 86.5 Å². The Kier molecular flexibility index (Phi) is 5.38. The molecule has 0 aromatic carbocycles. The molecule has 0 unspecified atom stereocenters. The second-order valence-corrected chi connectivity index (χ2v) is 3.46. The molecule has 1 amide bonds. The lowest BCUT2D eigenvalue weighted by molar-refractivity contribution is -0.126. The lowest BCUT2D eigenvalue weighted by Gasteiger charge is -2.13. The van der Waals surface area contributed by atoms with Crippen LogP contribution in [0, 0.1) is 0 Å². The van der Waals surface area contributed by atoms with E-state index in [-0.39, 0.29) is 12.3 Å². The second kappa shape index (κ2) is 6.82. The van der Waals surface area contributed by atoms with Crippen molar-refractivity contribution >= 4 is 11.6 Å². The molecule has 1 aromatic heterocycles. The van der Waals surface area contributed by atoms with Gasteiger partial charge in [-0.25, -0.2) is 0 Å². The third-order valence-corrected chi connectivity index (χ3v) is 2.18. The summed E-state index contributed by atoms with van der Waals surface area (Å²) in [5.74, 6) is -0.138. The molecule has 0 fully saturated rings. The van der Waals surface area contributed by atoms with Crippen molar-refractivity contribution in [2.45, 2.75) is 12.7 Å². The molecule has 0 atom stereocenters. The fraction of sp³-hybridized carbons (Fsp3) is 0.455. The number of pyridine rings is 1. The molecule has 0 saturated carbocycles. The van der Waals surface area contributed by atoms with Crippen molar-refractivity contribution in [1.29, 1.82) is 0 Å². The van der Waals surface area contributed by atoms with Crippen molar-refractivity contribution in [2.75, 3.05) is 26.5 Å². The van der Waals surface area contributed by atoms with Crippen LogP contribution in [0.1, 0.15) is 5.69 Å². The molecule has 94 valence electrons. The van der Waals surface area contributed by atoms with E-state index in [9.17, 15) is 4.79 Å². The molecule has 3 N–H and O–H groups in total. The number of nitrogens with two attached hydrogens (primary N) is 1. The maximum atomic E-state index is 11.5. The van der Waals surface area contributed by atoms with Crippen LogP contribution in [0.4, 0.5) is 5.69 Å². The SMILES string of the molecule is COC(CNC(=O)Cc1ccc(N)cn1)OC. The molecule has 6 nitrogen and oxygen atoms in total. The molecule has 1 rings (SSSR count). The number of anilines is 1. The number of nitrogens with zero attached hydrogens (tertiary/aromatic N) is 1. The number of ether oxygens (including phenoxy) is 2. The second-order valence-electron chi connectivity index (χ2n) is 3.46. The van der Waals surface area contributed by atoms with E-state index in [0.29, 0.717) is 17.9 Å². The van der Waals surface area contributed by atoms with Crippen molar-refractivity contribution in [2.24, 2.45) is 0 Å². The molecule has 0 aliphatic rings. The molecule has 0 saturated heterocycles. The maximum absolute atomic E-state index is 11.5. The minimum atomic E-state index is -0.432. The summed E-state index contributed by atoms with van der Waals surface area (Å²) in [6.45, 7) is 0.306. The standard InChI is InChI=1S/C11H17N3O3/c1-16-11(17-2)7-14-10(15)5-9-4-3-8(12)6-13-9/h3-4,6,11H,5,7,12H2,1-2H3,(H,14,15). The van der Waals surface area contributed by atoms with Gasteiger partial charge >= 0.3 is 0 Å². The van der Waals surface area contributed by atoms with Gasteiger partial charge in [0.15, 0.2) is 6.29 Å². The highest BCUT2D eigenvalue weighted by atomic mass is 16.7. The first kappa shape index (κ1) is 13.4. The summed E-state index contributed by atoms with van der Waals surface area (Å²) < 4.78 is 9.89. The molecule has 0 radical (unpaired) electrons. The largest absolute Gasteiger partial charge is 0.397 e. The van der Waals surface area contributed by atoms with Crippen LogP contribution in [0.25, 0.3) is 0 Å². The summed E-state index contributed by atoms with van der Waals surface area (Å²) in [7, 11) is 3.03. The fourth-order valence-corrected chi connectivity index (χ4v) is 1.23. The fourth-order valence-electron chi connectivity index (χ4n) is 1.23. The molecular weight excluding hydrogens is 222 g/mol. The molecular formula is C11H17N3O3. The number of nitrogen functional groups attached to an aromatic ring is 1. The lowest BCUT2D eigenvalue weighted by atomic mass is 10.2. The van der Waals surface area contributed by atoms with Crippen molar-refractivity contribution in [3.63, 3.8) is 0 Å². The van der Waals surface area contributed by atoms with Crippen LogP contribution < -0.4 is 11.1 Å². The van der Waals surface area contributed by atoms with E-state index < -0.39 is 6.29 Å². The maximum Gasteiger partial charge on any atom is 0.226 e. The number of hydrogen-bond donors (Lipinski definition) is 2. The Morgan fingerprint density at radius 3 is 2.71 bits per heavy atom. The van der Waals surface area contributed by atoms with Gasteiger partial charge < -0.3 is 20.5 Å². The average Bonchev–Trinajstić information content (AvgIpc) is 2.33. The van der Waals surface area contributed by atoms with Crippen molar-refractivity contribution in [3.05, 3.63) is 24.0 Å². The number of rotatable bonds is 6. The molecule has 0 aliphatic heterocycles. The Morgan fingerprint density at radius 2 is 2.18 bits per heavy atom. The zero-order valence-corrected chi connectivity index (χ0v) is 9.97. The third-order valence-electron chi connectivity index (χ3n) is 2.18. The number of aromatic nitrogens is 1. The van der Waals surface area contributed by atoms with Gasteiger partial charge in [-0.2, -0.15) is 0 Å². The Balaban J connectivity index is 2.37. The number of amides is 1. The van der Waals surface area contributed by atoms with Gasteiger partial charge in [-0.1, -0.05) is 0 Å². The molecule has 1 aromatic rings. The molecule has 1 heterocycles. The number of hydrogen-bond acceptors (Lipinski definition) is 5. The van der Waals surface area contributed by atoms with E-state index in [0.717, 1.165) is 0 Å². The first-order chi connectivity index (χ1) is 8.15. The molecule has 0 bridgehead atoms. The number of carbonyl (C=O) groups is 1. The molecule has 0 aliphatic carbocycles. The Morgan fingerprint density at radius 1 is 1.47 bits per heavy atom. The lowest BCUT2D eigenvalue weighted by Crippen LogP contribution is -2.35. The predicted molar refractivity (Wildman–Crippen MR) is 63.2 cm³/mol. The molecule has 0 spiro atoms. The highest BCUT2D eigenvalue weighted by Gasteiger charge is 2.08. The molecule has 17 heavy (non-hydrogen) atoms. The summed E-state index contributed by atoms with van der Waals surface area (Å²) in [5, 5.41) is 2.69. The highest BCUT2D eigenvalue weighted by Crippen LogP contribution is 2.01. The monoisotopic (exact) mass is 239 g/mol. The zero-order chi connectivity index (χ0) is 12.7. The first-order valence-electron chi connectivity index (χ1n) is 5.18. The minimum Gasteiger partial charge on any atom is -0.397 e. The van der Waals surface area contributed by atoms with Crippen LogP contribution in [0.5, 0.6) is 0 Å². The van der Waals surface area contributed by atoms with Crippen LogP contribution in [0.3, 0.4) is 0 Å². The van der Waals surface area contributed by atoms with Crippen molar-refractivity contribution in [1.82, 2.24) is 10.3 Å². The van der Waals surface area contributed by atoms with Crippen molar-refractivity contribution < 1.29 is 14.3 Å². The van der Waals surface area contributed by atoms with Crippen LogP contribution in [0.15, 0.2) is 18.3 Å². The van der Waals surface area contributed by atoms with Gasteiger partial charge in [-0.15, -0.1) is 0 Å².